The molecule has 0 amide bonds. The average molecular weight is 293 g/mol. The maximum Gasteiger partial charge on any atom is 0.309 e. The van der Waals surface area contributed by atoms with Crippen LogP contribution in [0.4, 0.5) is 0 Å². The predicted octanol–water partition coefficient (Wildman–Crippen LogP) is 2.78. The summed E-state index contributed by atoms with van der Waals surface area (Å²) in [5.74, 6) is -0.183. The first-order chi connectivity index (χ1) is 9.69. The molecule has 1 saturated carbocycles. The van der Waals surface area contributed by atoms with E-state index in [0.717, 1.165) is 18.7 Å². The fourth-order valence-corrected chi connectivity index (χ4v) is 3.52. The lowest BCUT2D eigenvalue weighted by molar-refractivity contribution is -0.139. The van der Waals surface area contributed by atoms with Crippen LogP contribution in [0.15, 0.2) is 24.3 Å². The lowest BCUT2D eigenvalue weighted by Crippen LogP contribution is -2.43. The highest BCUT2D eigenvalue weighted by atomic mass is 32.2. The Kier molecular flexibility index (Phi) is 5.49. The van der Waals surface area contributed by atoms with Crippen LogP contribution in [-0.2, 0) is 22.5 Å². The summed E-state index contributed by atoms with van der Waals surface area (Å²) in [4.78, 5) is 11.4. The van der Waals surface area contributed by atoms with Crippen molar-refractivity contribution in [3.05, 3.63) is 35.4 Å². The summed E-state index contributed by atoms with van der Waals surface area (Å²) in [6.45, 7) is 1.86. The smallest absolute Gasteiger partial charge is 0.309 e. The summed E-state index contributed by atoms with van der Waals surface area (Å²) in [7, 11) is 1.43. The van der Waals surface area contributed by atoms with Crippen molar-refractivity contribution < 1.29 is 9.53 Å². The number of thioether (sulfide) groups is 1. The molecule has 0 unspecified atom stereocenters. The molecule has 0 heterocycles. The maximum absolute atomic E-state index is 11.4. The van der Waals surface area contributed by atoms with E-state index in [2.05, 4.69) is 17.6 Å². The lowest BCUT2D eigenvalue weighted by Gasteiger charge is -2.40. The molecule has 1 aromatic rings. The third kappa shape index (κ3) is 3.76. The summed E-state index contributed by atoms with van der Waals surface area (Å²) in [6, 6.07) is 8.07. The first-order valence-corrected chi connectivity index (χ1v) is 8.31. The Morgan fingerprint density at radius 2 is 2.05 bits per heavy atom. The molecule has 0 spiro atoms. The van der Waals surface area contributed by atoms with Gasteiger partial charge in [0.2, 0.25) is 0 Å². The summed E-state index contributed by atoms with van der Waals surface area (Å²) >= 11 is 1.98. The maximum atomic E-state index is 11.4. The molecule has 1 aromatic carbocycles. The number of carbonyl (C=O) groups is 1. The van der Waals surface area contributed by atoms with Gasteiger partial charge in [0, 0.05) is 17.8 Å². The minimum absolute atomic E-state index is 0.183. The second-order valence-electron chi connectivity index (χ2n) is 5.37. The van der Waals surface area contributed by atoms with Crippen molar-refractivity contribution >= 4 is 17.7 Å². The van der Waals surface area contributed by atoms with E-state index in [1.807, 2.05) is 30.0 Å². The van der Waals surface area contributed by atoms with E-state index in [1.165, 1.54) is 31.9 Å². The molecule has 3 nitrogen and oxygen atoms in total. The molecule has 0 bridgehead atoms. The lowest BCUT2D eigenvalue weighted by atomic mass is 9.84. The molecular formula is C16H23NO2S. The molecule has 4 heteroatoms. The van der Waals surface area contributed by atoms with E-state index in [0.29, 0.717) is 11.2 Å². The predicted molar refractivity (Wildman–Crippen MR) is 84.0 cm³/mol. The van der Waals surface area contributed by atoms with E-state index in [4.69, 9.17) is 4.74 Å². The van der Waals surface area contributed by atoms with Crippen molar-refractivity contribution in [1.29, 1.82) is 0 Å². The number of methoxy groups -OCH3 is 1. The Bertz CT molecular complexity index is 452. The molecule has 110 valence electrons. The SMILES string of the molecule is COC(=O)Cc1ccccc1CNCC1(SC)CCC1. The molecule has 2 rings (SSSR count). The van der Waals surface area contributed by atoms with Crippen molar-refractivity contribution in [2.45, 2.75) is 37.0 Å². The Morgan fingerprint density at radius 1 is 1.35 bits per heavy atom. The Morgan fingerprint density at radius 3 is 2.60 bits per heavy atom. The highest BCUT2D eigenvalue weighted by molar-refractivity contribution is 8.00. The summed E-state index contributed by atoms with van der Waals surface area (Å²) in [6.07, 6.45) is 6.52. The molecule has 0 aliphatic heterocycles. The molecule has 0 aromatic heterocycles. The number of rotatable bonds is 7. The van der Waals surface area contributed by atoms with Gasteiger partial charge in [-0.05, 0) is 30.2 Å². The van der Waals surface area contributed by atoms with Crippen LogP contribution in [-0.4, -0.2) is 30.6 Å². The largest absolute Gasteiger partial charge is 0.469 e. The van der Waals surface area contributed by atoms with Crippen LogP contribution >= 0.6 is 11.8 Å². The van der Waals surface area contributed by atoms with E-state index < -0.39 is 0 Å². The van der Waals surface area contributed by atoms with Crippen LogP contribution in [0, 0.1) is 0 Å². The zero-order chi connectivity index (χ0) is 14.4. The first kappa shape index (κ1) is 15.4. The summed E-state index contributed by atoms with van der Waals surface area (Å²) in [5, 5.41) is 3.55. The Hall–Kier alpha value is -1.00. The second-order valence-corrected chi connectivity index (χ2v) is 6.64. The number of hydrogen-bond acceptors (Lipinski definition) is 4. The van der Waals surface area contributed by atoms with Crippen LogP contribution in [0.5, 0.6) is 0 Å². The van der Waals surface area contributed by atoms with Gasteiger partial charge < -0.3 is 10.1 Å². The molecule has 1 fully saturated rings. The van der Waals surface area contributed by atoms with E-state index >= 15 is 0 Å². The number of hydrogen-bond donors (Lipinski definition) is 1. The molecule has 1 aliphatic rings. The van der Waals surface area contributed by atoms with Crippen LogP contribution in [0.25, 0.3) is 0 Å². The van der Waals surface area contributed by atoms with Crippen LogP contribution < -0.4 is 5.32 Å². The zero-order valence-electron chi connectivity index (χ0n) is 12.3. The van der Waals surface area contributed by atoms with Crippen molar-refractivity contribution in [2.24, 2.45) is 0 Å². The second kappa shape index (κ2) is 7.14. The van der Waals surface area contributed by atoms with Crippen LogP contribution in [0.3, 0.4) is 0 Å². The quantitative estimate of drug-likeness (QED) is 0.785. The number of ether oxygens (including phenoxy) is 1. The average Bonchev–Trinajstić information content (AvgIpc) is 2.43. The first-order valence-electron chi connectivity index (χ1n) is 7.08. The van der Waals surface area contributed by atoms with Crippen molar-refractivity contribution in [3.8, 4) is 0 Å². The van der Waals surface area contributed by atoms with E-state index in [1.54, 1.807) is 0 Å². The van der Waals surface area contributed by atoms with Crippen LogP contribution in [0.1, 0.15) is 30.4 Å². The van der Waals surface area contributed by atoms with Gasteiger partial charge in [-0.2, -0.15) is 11.8 Å². The van der Waals surface area contributed by atoms with Gasteiger partial charge in [-0.1, -0.05) is 30.7 Å². The third-order valence-electron chi connectivity index (χ3n) is 4.14. The highest BCUT2D eigenvalue weighted by Gasteiger charge is 2.35. The standard InChI is InChI=1S/C16H23NO2S/c1-19-15(18)10-13-6-3-4-7-14(13)11-17-12-16(20-2)8-5-9-16/h3-4,6-7,17H,5,8-12H2,1-2H3. The minimum atomic E-state index is -0.183. The molecule has 0 radical (unpaired) electrons. The van der Waals surface area contributed by atoms with Gasteiger partial charge in [0.1, 0.15) is 0 Å². The molecule has 0 saturated heterocycles. The number of nitrogens with one attached hydrogen (secondary N) is 1. The number of carbonyl (C=O) groups excluding carboxylic acids is 1. The van der Waals surface area contributed by atoms with Gasteiger partial charge in [0.15, 0.2) is 0 Å². The molecule has 20 heavy (non-hydrogen) atoms. The van der Waals surface area contributed by atoms with Crippen molar-refractivity contribution in [1.82, 2.24) is 5.32 Å². The summed E-state index contributed by atoms with van der Waals surface area (Å²) in [5.41, 5.74) is 2.24. The Balaban J connectivity index is 1.90. The van der Waals surface area contributed by atoms with Crippen molar-refractivity contribution in [3.63, 3.8) is 0 Å². The topological polar surface area (TPSA) is 38.3 Å². The van der Waals surface area contributed by atoms with Gasteiger partial charge in [0.05, 0.1) is 13.5 Å². The molecule has 1 N–H and O–H groups in total. The van der Waals surface area contributed by atoms with E-state index in [-0.39, 0.29) is 5.97 Å². The van der Waals surface area contributed by atoms with Crippen LogP contribution in [0.2, 0.25) is 0 Å². The summed E-state index contributed by atoms with van der Waals surface area (Å²) < 4.78 is 5.19. The van der Waals surface area contributed by atoms with Gasteiger partial charge in [-0.25, -0.2) is 0 Å². The Labute approximate surface area is 125 Å². The fourth-order valence-electron chi connectivity index (χ4n) is 2.58. The number of esters is 1. The van der Waals surface area contributed by atoms with Gasteiger partial charge in [-0.3, -0.25) is 4.79 Å². The monoisotopic (exact) mass is 293 g/mol. The minimum Gasteiger partial charge on any atom is -0.469 e. The van der Waals surface area contributed by atoms with Gasteiger partial charge in [0.25, 0.3) is 0 Å². The fraction of sp³-hybridized carbons (Fsp3) is 0.562. The zero-order valence-corrected chi connectivity index (χ0v) is 13.1. The van der Waals surface area contributed by atoms with Gasteiger partial charge in [-0.15, -0.1) is 0 Å². The molecule has 0 atom stereocenters. The highest BCUT2D eigenvalue weighted by Crippen LogP contribution is 2.42. The number of benzene rings is 1. The molecule has 1 aliphatic carbocycles. The van der Waals surface area contributed by atoms with Gasteiger partial charge >= 0.3 is 5.97 Å². The normalized spacial score (nSPS) is 16.5. The molecular weight excluding hydrogens is 270 g/mol. The van der Waals surface area contributed by atoms with Crippen molar-refractivity contribution in [2.75, 3.05) is 19.9 Å². The van der Waals surface area contributed by atoms with E-state index in [9.17, 15) is 4.79 Å². The third-order valence-corrected chi connectivity index (χ3v) is 5.56.